The average molecular weight is 198 g/mol. The van der Waals surface area contributed by atoms with Crippen molar-refractivity contribution in [3.05, 3.63) is 12.2 Å². The summed E-state index contributed by atoms with van der Waals surface area (Å²) in [6, 6.07) is 0. The Kier molecular flexibility index (Phi) is 4.32. The first kappa shape index (κ1) is 11.4. The van der Waals surface area contributed by atoms with Gasteiger partial charge in [-0.2, -0.15) is 0 Å². The van der Waals surface area contributed by atoms with Gasteiger partial charge in [0.1, 0.15) is 6.10 Å². The van der Waals surface area contributed by atoms with Crippen molar-refractivity contribution in [3.63, 3.8) is 0 Å². The lowest BCUT2D eigenvalue weighted by Gasteiger charge is -2.21. The van der Waals surface area contributed by atoms with E-state index in [0.29, 0.717) is 12.2 Å². The van der Waals surface area contributed by atoms with E-state index < -0.39 is 13.2 Å². The fraction of sp³-hybridized carbons (Fsp3) is 0.667. The van der Waals surface area contributed by atoms with Crippen molar-refractivity contribution in [1.29, 1.82) is 0 Å². The summed E-state index contributed by atoms with van der Waals surface area (Å²) in [4.78, 5) is 21.0. The van der Waals surface area contributed by atoms with Gasteiger partial charge in [0.2, 0.25) is 0 Å². The van der Waals surface area contributed by atoms with Crippen LogP contribution in [-0.2, 0) is 19.1 Å². The molecule has 4 nitrogen and oxygen atoms in total. The number of hydrogen-bond acceptors (Lipinski definition) is 4. The standard InChI is InChI=1S/C9H15BO4/c1-7(2)9(11)8(3)13-10-5-4-6-12-14-10/h8H,1,4-6H2,2-3H3. The molecule has 5 heteroatoms. The lowest BCUT2D eigenvalue weighted by atomic mass is 9.82. The van der Waals surface area contributed by atoms with Crippen LogP contribution in [0.15, 0.2) is 12.2 Å². The smallest absolute Gasteiger partial charge is 0.399 e. The zero-order valence-electron chi connectivity index (χ0n) is 8.62. The van der Waals surface area contributed by atoms with Gasteiger partial charge < -0.3 is 4.65 Å². The van der Waals surface area contributed by atoms with E-state index in [1.165, 1.54) is 0 Å². The monoisotopic (exact) mass is 198 g/mol. The van der Waals surface area contributed by atoms with Crippen LogP contribution in [0.4, 0.5) is 0 Å². The molecule has 1 rings (SSSR count). The van der Waals surface area contributed by atoms with Crippen LogP contribution < -0.4 is 0 Å². The molecule has 0 bridgehead atoms. The number of hydrogen-bond donors (Lipinski definition) is 0. The van der Waals surface area contributed by atoms with E-state index in [4.69, 9.17) is 14.3 Å². The molecule has 1 aliphatic heterocycles. The molecular formula is C9H15BO4. The molecule has 0 saturated carbocycles. The summed E-state index contributed by atoms with van der Waals surface area (Å²) in [6.07, 6.45) is 1.13. The van der Waals surface area contributed by atoms with Crippen LogP contribution in [0.3, 0.4) is 0 Å². The van der Waals surface area contributed by atoms with Gasteiger partial charge >= 0.3 is 7.12 Å². The van der Waals surface area contributed by atoms with Crippen LogP contribution in [0.1, 0.15) is 20.3 Å². The van der Waals surface area contributed by atoms with Gasteiger partial charge in [-0.3, -0.25) is 9.60 Å². The molecule has 0 aromatic rings. The van der Waals surface area contributed by atoms with Crippen molar-refractivity contribution >= 4 is 12.9 Å². The minimum Gasteiger partial charge on any atom is -0.399 e. The molecule has 1 heterocycles. The minimum atomic E-state index is -0.515. The summed E-state index contributed by atoms with van der Waals surface area (Å²) in [6.45, 7) is 7.51. The number of Topliss-reactive ketones (excluding diaryl/α,β-unsaturated/α-hetero) is 1. The molecule has 1 atom stereocenters. The highest BCUT2D eigenvalue weighted by Crippen LogP contribution is 2.12. The summed E-state index contributed by atoms with van der Waals surface area (Å²) in [5.74, 6) is -0.0980. The lowest BCUT2D eigenvalue weighted by Crippen LogP contribution is -2.34. The highest BCUT2D eigenvalue weighted by Gasteiger charge is 2.28. The molecular weight excluding hydrogens is 183 g/mol. The van der Waals surface area contributed by atoms with E-state index in [1.54, 1.807) is 13.8 Å². The van der Waals surface area contributed by atoms with Crippen molar-refractivity contribution in [2.24, 2.45) is 0 Å². The summed E-state index contributed by atoms with van der Waals surface area (Å²) in [7, 11) is -0.429. The molecule has 78 valence electrons. The topological polar surface area (TPSA) is 44.8 Å². The van der Waals surface area contributed by atoms with Crippen LogP contribution in [0.2, 0.25) is 6.32 Å². The average Bonchev–Trinajstić information content (AvgIpc) is 2.18. The fourth-order valence-electron chi connectivity index (χ4n) is 1.21. The number of ketones is 1. The van der Waals surface area contributed by atoms with Crippen LogP contribution >= 0.6 is 0 Å². The zero-order chi connectivity index (χ0) is 10.6. The molecule has 1 fully saturated rings. The van der Waals surface area contributed by atoms with Crippen molar-refractivity contribution < 1.29 is 19.1 Å². The van der Waals surface area contributed by atoms with Crippen LogP contribution in [0, 0.1) is 0 Å². The Morgan fingerprint density at radius 1 is 1.64 bits per heavy atom. The second-order valence-electron chi connectivity index (χ2n) is 3.41. The second-order valence-corrected chi connectivity index (χ2v) is 3.41. The molecule has 0 aromatic heterocycles. The molecule has 1 aliphatic rings. The van der Waals surface area contributed by atoms with Gasteiger partial charge in [0.25, 0.3) is 0 Å². The Morgan fingerprint density at radius 3 is 2.86 bits per heavy atom. The Balaban J connectivity index is 2.35. The first-order valence-corrected chi connectivity index (χ1v) is 4.74. The third-order valence-corrected chi connectivity index (χ3v) is 1.99. The van der Waals surface area contributed by atoms with E-state index in [1.807, 2.05) is 0 Å². The van der Waals surface area contributed by atoms with Crippen molar-refractivity contribution in [1.82, 2.24) is 0 Å². The van der Waals surface area contributed by atoms with Gasteiger partial charge in [0.15, 0.2) is 5.78 Å². The Labute approximate surface area is 84.3 Å². The van der Waals surface area contributed by atoms with E-state index in [0.717, 1.165) is 12.7 Å². The molecule has 0 aromatic carbocycles. The Hall–Kier alpha value is -0.645. The third-order valence-electron chi connectivity index (χ3n) is 1.99. The third kappa shape index (κ3) is 3.25. The van der Waals surface area contributed by atoms with Gasteiger partial charge in [-0.05, 0) is 32.2 Å². The van der Waals surface area contributed by atoms with E-state index in [2.05, 4.69) is 6.58 Å². The highest BCUT2D eigenvalue weighted by molar-refractivity contribution is 6.44. The normalized spacial score (nSPS) is 19.1. The van der Waals surface area contributed by atoms with Crippen molar-refractivity contribution in [2.75, 3.05) is 6.61 Å². The van der Waals surface area contributed by atoms with Crippen molar-refractivity contribution in [3.8, 4) is 0 Å². The second kappa shape index (κ2) is 5.29. The number of rotatable bonds is 4. The Bertz CT molecular complexity index is 223. The predicted molar refractivity (Wildman–Crippen MR) is 52.6 cm³/mol. The van der Waals surface area contributed by atoms with Gasteiger partial charge in [-0.25, -0.2) is 4.89 Å². The maximum atomic E-state index is 11.4. The Morgan fingerprint density at radius 2 is 2.36 bits per heavy atom. The molecule has 0 radical (unpaired) electrons. The number of carbonyl (C=O) groups excluding carboxylic acids is 1. The SMILES string of the molecule is C=C(C)C(=O)C(C)OB1CCCOO1. The molecule has 0 spiro atoms. The first-order chi connectivity index (χ1) is 6.61. The van der Waals surface area contributed by atoms with E-state index in [9.17, 15) is 4.79 Å². The van der Waals surface area contributed by atoms with Crippen LogP contribution in [-0.4, -0.2) is 25.6 Å². The fourth-order valence-corrected chi connectivity index (χ4v) is 1.21. The van der Waals surface area contributed by atoms with Gasteiger partial charge in [0.05, 0.1) is 6.61 Å². The molecule has 1 unspecified atom stereocenters. The van der Waals surface area contributed by atoms with E-state index in [-0.39, 0.29) is 5.78 Å². The van der Waals surface area contributed by atoms with Gasteiger partial charge in [-0.1, -0.05) is 6.58 Å². The number of carbonyl (C=O) groups is 1. The zero-order valence-corrected chi connectivity index (χ0v) is 8.62. The molecule has 0 aliphatic carbocycles. The van der Waals surface area contributed by atoms with Crippen LogP contribution in [0.5, 0.6) is 0 Å². The molecule has 0 amide bonds. The quantitative estimate of drug-likeness (QED) is 0.388. The predicted octanol–water partition coefficient (Wildman–Crippen LogP) is 1.38. The molecule has 0 N–H and O–H groups in total. The van der Waals surface area contributed by atoms with Gasteiger partial charge in [-0.15, -0.1) is 0 Å². The summed E-state index contributed by atoms with van der Waals surface area (Å²) >= 11 is 0. The maximum absolute atomic E-state index is 11.4. The highest BCUT2D eigenvalue weighted by atomic mass is 17.2. The lowest BCUT2D eigenvalue weighted by molar-refractivity contribution is -0.237. The maximum Gasteiger partial charge on any atom is 0.491 e. The minimum absolute atomic E-state index is 0.0980. The summed E-state index contributed by atoms with van der Waals surface area (Å²) in [5, 5.41) is 0. The van der Waals surface area contributed by atoms with Crippen molar-refractivity contribution in [2.45, 2.75) is 32.7 Å². The summed E-state index contributed by atoms with van der Waals surface area (Å²) in [5.41, 5.74) is 0.495. The van der Waals surface area contributed by atoms with Crippen LogP contribution in [0.25, 0.3) is 0 Å². The molecule has 1 saturated heterocycles. The largest absolute Gasteiger partial charge is 0.491 e. The first-order valence-electron chi connectivity index (χ1n) is 4.74. The van der Waals surface area contributed by atoms with Gasteiger partial charge in [0, 0.05) is 0 Å². The summed E-state index contributed by atoms with van der Waals surface area (Å²) < 4.78 is 5.36. The molecule has 14 heavy (non-hydrogen) atoms. The van der Waals surface area contributed by atoms with E-state index >= 15 is 0 Å².